The summed E-state index contributed by atoms with van der Waals surface area (Å²) in [7, 11) is 0. The molecular weight excluding hydrogens is 593 g/mol. The maximum Gasteiger partial charge on any atom is 0.307 e. The van der Waals surface area contributed by atoms with Crippen LogP contribution >= 0.6 is 82.8 Å². The van der Waals surface area contributed by atoms with Gasteiger partial charge in [-0.05, 0) is 12.2 Å². The van der Waals surface area contributed by atoms with E-state index >= 15 is 0 Å². The third kappa shape index (κ3) is 27.4. The smallest absolute Gasteiger partial charge is 0.307 e. The molecule has 35 heavy (non-hydrogen) atoms. The van der Waals surface area contributed by atoms with E-state index < -0.39 is 0 Å². The minimum absolute atomic E-state index is 0.0625. The number of rotatable bonds is 24. The zero-order valence-corrected chi connectivity index (χ0v) is 25.2. The van der Waals surface area contributed by atoms with Crippen molar-refractivity contribution in [2.45, 2.75) is 25.7 Å². The van der Waals surface area contributed by atoms with Crippen LogP contribution in [0.15, 0.2) is 0 Å². The first-order valence-corrected chi connectivity index (χ1v) is 17.9. The van der Waals surface area contributed by atoms with Crippen molar-refractivity contribution in [1.29, 1.82) is 0 Å². The number of ether oxygens (including phenoxy) is 3. The van der Waals surface area contributed by atoms with Crippen LogP contribution in [0.3, 0.4) is 0 Å². The Morgan fingerprint density at radius 1 is 0.600 bits per heavy atom. The Hall–Kier alpha value is 0.520. The van der Waals surface area contributed by atoms with E-state index in [4.69, 9.17) is 36.6 Å². The van der Waals surface area contributed by atoms with Crippen LogP contribution in [-0.2, 0) is 28.6 Å². The van der Waals surface area contributed by atoms with Gasteiger partial charge in [0.05, 0.1) is 31.3 Å². The van der Waals surface area contributed by atoms with Gasteiger partial charge < -0.3 is 24.4 Å². The summed E-state index contributed by atoms with van der Waals surface area (Å²) in [4.78, 5) is 34.7. The molecule has 0 aliphatic heterocycles. The Morgan fingerprint density at radius 2 is 1.11 bits per heavy atom. The summed E-state index contributed by atoms with van der Waals surface area (Å²) in [6.07, 6.45) is 1.78. The molecule has 0 amide bonds. The van der Waals surface area contributed by atoms with E-state index in [1.807, 2.05) is 0 Å². The maximum absolute atomic E-state index is 11.9. The molecule has 0 aliphatic rings. The molecule has 0 unspecified atom stereocenters. The molecule has 0 saturated carbocycles. The second kappa shape index (κ2) is 27.6. The van der Waals surface area contributed by atoms with Crippen LogP contribution in [0.2, 0.25) is 0 Å². The van der Waals surface area contributed by atoms with Gasteiger partial charge in [-0.3, -0.25) is 14.4 Å². The molecule has 15 heteroatoms. The van der Waals surface area contributed by atoms with E-state index in [1.54, 1.807) is 35.3 Å². The van der Waals surface area contributed by atoms with Crippen LogP contribution in [-0.4, -0.2) is 103 Å². The molecule has 8 nitrogen and oxygen atoms in total. The molecule has 0 aromatic carbocycles. The molecule has 0 spiro atoms. The minimum Gasteiger partial charge on any atom is -0.486 e. The number of esters is 2. The highest BCUT2D eigenvalue weighted by Crippen LogP contribution is 2.14. The maximum atomic E-state index is 11.9. The summed E-state index contributed by atoms with van der Waals surface area (Å²) in [5, 5.41) is 17.9. The first kappa shape index (κ1) is 35.5. The Bertz CT molecular complexity index is 536. The number of carbonyl (C=O) groups excluding carboxylic acids is 3. The molecule has 0 rings (SSSR count). The predicted molar refractivity (Wildman–Crippen MR) is 158 cm³/mol. The summed E-state index contributed by atoms with van der Waals surface area (Å²) in [6.45, 7) is 0.541. The third-order valence-corrected chi connectivity index (χ3v) is 8.94. The predicted octanol–water partition coefficient (Wildman–Crippen LogP) is 3.72. The fourth-order valence-electron chi connectivity index (χ4n) is 1.94. The Labute approximate surface area is 238 Å². The van der Waals surface area contributed by atoms with Gasteiger partial charge in [-0.25, -0.2) is 0 Å². The van der Waals surface area contributed by atoms with Gasteiger partial charge in [0.25, 0.3) is 0 Å². The topological polar surface area (TPSA) is 119 Å². The van der Waals surface area contributed by atoms with Gasteiger partial charge in [0.1, 0.15) is 11.9 Å². The first-order chi connectivity index (χ1) is 17.0. The number of thiocarbonyl (C=S) groups is 1. The average Bonchev–Trinajstić information content (AvgIpc) is 2.83. The van der Waals surface area contributed by atoms with E-state index in [9.17, 15) is 14.4 Å². The van der Waals surface area contributed by atoms with E-state index in [0.717, 1.165) is 46.5 Å². The normalized spacial score (nSPS) is 10.7. The lowest BCUT2D eigenvalue weighted by molar-refractivity contribution is -0.141. The lowest BCUT2D eigenvalue weighted by atomic mass is 10.5. The van der Waals surface area contributed by atoms with Gasteiger partial charge in [0, 0.05) is 53.1 Å². The average molecular weight is 627 g/mol. The van der Waals surface area contributed by atoms with Crippen molar-refractivity contribution in [3.05, 3.63) is 0 Å². The number of aliphatic hydroxyl groups excluding tert-OH is 2. The largest absolute Gasteiger partial charge is 0.486 e. The van der Waals surface area contributed by atoms with Crippen molar-refractivity contribution in [2.75, 3.05) is 70.6 Å². The fraction of sp³-hybridized carbons (Fsp3) is 0.800. The second-order valence-electron chi connectivity index (χ2n) is 6.21. The Balaban J connectivity index is 3.41. The molecule has 0 heterocycles. The van der Waals surface area contributed by atoms with Crippen LogP contribution in [0.25, 0.3) is 0 Å². The van der Waals surface area contributed by atoms with Crippen molar-refractivity contribution < 1.29 is 38.8 Å². The van der Waals surface area contributed by atoms with Gasteiger partial charge in [-0.1, -0.05) is 35.3 Å². The van der Waals surface area contributed by atoms with Crippen molar-refractivity contribution in [2.24, 2.45) is 0 Å². The van der Waals surface area contributed by atoms with Gasteiger partial charge in [-0.15, -0.1) is 0 Å². The molecule has 0 aromatic rings. The molecule has 2 N–H and O–H groups in total. The molecule has 0 fully saturated rings. The van der Waals surface area contributed by atoms with E-state index in [2.05, 4.69) is 0 Å². The fourth-order valence-corrected chi connectivity index (χ4v) is 6.33. The standard InChI is InChI=1S/C20H34O8S7/c21-13-33-15-27-17(23)1-6-30-8-3-19(25)35-12-11-32-10-5-26-20(29)4-9-31-7-2-18(24)28-16-34-14-22/h21-22H,1-16H2. The molecule has 0 bridgehead atoms. The summed E-state index contributed by atoms with van der Waals surface area (Å²) in [5.41, 5.74) is 0. The van der Waals surface area contributed by atoms with Crippen LogP contribution in [0.4, 0.5) is 0 Å². The summed E-state index contributed by atoms with van der Waals surface area (Å²) in [6, 6.07) is 0. The van der Waals surface area contributed by atoms with Crippen molar-refractivity contribution >= 4 is 105 Å². The van der Waals surface area contributed by atoms with Crippen LogP contribution in [0.5, 0.6) is 0 Å². The zero-order chi connectivity index (χ0) is 26.0. The minimum atomic E-state index is -0.287. The summed E-state index contributed by atoms with van der Waals surface area (Å²) >= 11 is 13.7. The zero-order valence-electron chi connectivity index (χ0n) is 19.5. The molecule has 0 aliphatic carbocycles. The van der Waals surface area contributed by atoms with Gasteiger partial charge in [-0.2, -0.15) is 35.3 Å². The van der Waals surface area contributed by atoms with E-state index in [1.165, 1.54) is 11.8 Å². The molecular formula is C20H34O8S7. The van der Waals surface area contributed by atoms with Crippen molar-refractivity contribution in [3.8, 4) is 0 Å². The van der Waals surface area contributed by atoms with E-state index in [0.29, 0.717) is 54.6 Å². The lowest BCUT2D eigenvalue weighted by Crippen LogP contribution is -2.08. The molecule has 0 radical (unpaired) electrons. The van der Waals surface area contributed by atoms with Gasteiger partial charge >= 0.3 is 11.9 Å². The summed E-state index contributed by atoms with van der Waals surface area (Å²) < 4.78 is 15.4. The molecule has 0 saturated heterocycles. The second-order valence-corrected chi connectivity index (χ2v) is 13.3. The monoisotopic (exact) mass is 626 g/mol. The highest BCUT2D eigenvalue weighted by Gasteiger charge is 2.06. The number of hydrogen-bond donors (Lipinski definition) is 2. The van der Waals surface area contributed by atoms with Crippen LogP contribution in [0.1, 0.15) is 25.7 Å². The highest BCUT2D eigenvalue weighted by molar-refractivity contribution is 8.14. The van der Waals surface area contributed by atoms with Crippen LogP contribution < -0.4 is 0 Å². The van der Waals surface area contributed by atoms with Crippen molar-refractivity contribution in [1.82, 2.24) is 0 Å². The third-order valence-electron chi connectivity index (χ3n) is 3.57. The Morgan fingerprint density at radius 3 is 1.69 bits per heavy atom. The van der Waals surface area contributed by atoms with Gasteiger partial charge in [0.2, 0.25) is 0 Å². The first-order valence-electron chi connectivity index (χ1n) is 10.7. The van der Waals surface area contributed by atoms with Gasteiger partial charge in [0.15, 0.2) is 10.2 Å². The molecule has 0 atom stereocenters. The van der Waals surface area contributed by atoms with Crippen molar-refractivity contribution in [3.63, 3.8) is 0 Å². The molecule has 0 aromatic heterocycles. The molecule has 204 valence electrons. The number of carbonyl (C=O) groups is 3. The number of thioether (sulfide) groups is 6. The van der Waals surface area contributed by atoms with Crippen LogP contribution in [0, 0.1) is 0 Å². The Kier molecular flexibility index (Phi) is 28.0. The van der Waals surface area contributed by atoms with E-state index in [-0.39, 0.29) is 40.8 Å². The highest BCUT2D eigenvalue weighted by atomic mass is 32.2. The SMILES string of the molecule is O=C(CCSCCC(=O)SCCSCCOC(=S)CCSCCC(=O)OCSCO)OCSCO. The quantitative estimate of drug-likeness (QED) is 0.0700. The lowest BCUT2D eigenvalue weighted by Gasteiger charge is -2.07. The summed E-state index contributed by atoms with van der Waals surface area (Å²) in [5.74, 6) is 4.84. The number of hydrogen-bond acceptors (Lipinski definition) is 15. The number of aliphatic hydroxyl groups is 2.